The molecule has 5 nitrogen and oxygen atoms in total. The van der Waals surface area contributed by atoms with Crippen molar-refractivity contribution in [2.45, 2.75) is 13.0 Å². The Labute approximate surface area is 176 Å². The van der Waals surface area contributed by atoms with Crippen molar-refractivity contribution in [3.8, 4) is 11.1 Å². The highest BCUT2D eigenvalue weighted by Gasteiger charge is 2.29. The van der Waals surface area contributed by atoms with E-state index >= 15 is 8.78 Å². The van der Waals surface area contributed by atoms with Gasteiger partial charge in [0, 0.05) is 40.5 Å². The molecule has 0 saturated carbocycles. The summed E-state index contributed by atoms with van der Waals surface area (Å²) in [6.07, 6.45) is 2.46. The molecule has 2 aromatic carbocycles. The summed E-state index contributed by atoms with van der Waals surface area (Å²) < 4.78 is 84.1. The first-order valence-electron chi connectivity index (χ1n) is 11.3. The number of hydrogen-bond acceptors (Lipinski definition) is 3. The van der Waals surface area contributed by atoms with Gasteiger partial charge in [-0.15, -0.1) is 0 Å². The lowest BCUT2D eigenvalue weighted by molar-refractivity contribution is 0.0763. The minimum absolute atomic E-state index is 0.00311. The quantitative estimate of drug-likeness (QED) is 0.506. The van der Waals surface area contributed by atoms with Crippen LogP contribution < -0.4 is 0 Å². The number of aryl methyl sites for hydroxylation is 1. The normalized spacial score (nSPS) is 17.9. The van der Waals surface area contributed by atoms with Crippen molar-refractivity contribution in [2.24, 2.45) is 6.98 Å². The maximum Gasteiger partial charge on any atom is 0.256 e. The van der Waals surface area contributed by atoms with Gasteiger partial charge in [-0.1, -0.05) is 0 Å². The maximum absolute atomic E-state index is 15.1. The smallest absolute Gasteiger partial charge is 0.256 e. The van der Waals surface area contributed by atoms with Crippen LogP contribution >= 0.6 is 0 Å². The fraction of sp³-hybridized carbons (Fsp3) is 0.136. The van der Waals surface area contributed by atoms with E-state index in [-0.39, 0.29) is 33.3 Å². The molecule has 30 heavy (non-hydrogen) atoms. The van der Waals surface area contributed by atoms with E-state index in [9.17, 15) is 9.18 Å². The lowest BCUT2D eigenvalue weighted by Crippen LogP contribution is -2.24. The molecule has 0 radical (unpaired) electrons. The first kappa shape index (κ1) is 13.5. The van der Waals surface area contributed by atoms with Crippen LogP contribution in [0.5, 0.6) is 0 Å². The molecule has 0 unspecified atom stereocenters. The molecule has 0 spiro atoms. The number of hydrogen-bond donors (Lipinski definition) is 0. The van der Waals surface area contributed by atoms with Crippen LogP contribution in [0.25, 0.3) is 22.0 Å². The van der Waals surface area contributed by atoms with Crippen LogP contribution in [0.15, 0.2) is 48.8 Å². The predicted molar refractivity (Wildman–Crippen MR) is 104 cm³/mol. The van der Waals surface area contributed by atoms with E-state index in [0.29, 0.717) is 9.58 Å². The summed E-state index contributed by atoms with van der Waals surface area (Å²) in [6, 6.07) is 6.69. The first-order valence-corrected chi connectivity index (χ1v) is 8.83. The molecule has 5 rings (SSSR count). The Morgan fingerprint density at radius 3 is 2.70 bits per heavy atom. The van der Waals surface area contributed by atoms with Crippen LogP contribution in [0.2, 0.25) is 0 Å². The van der Waals surface area contributed by atoms with Gasteiger partial charge in [0.2, 0.25) is 0 Å². The van der Waals surface area contributed by atoms with Crippen molar-refractivity contribution < 1.29 is 24.8 Å². The molecule has 0 bridgehead atoms. The number of pyridine rings is 1. The summed E-state index contributed by atoms with van der Waals surface area (Å²) in [4.78, 5) is 17.3. The summed E-state index contributed by atoms with van der Waals surface area (Å²) in [6.45, 7) is -5.74. The number of carbonyl (C=O) groups is 1. The number of fused-ring (bicyclic) bond motifs is 2. The molecule has 0 atom stereocenters. The van der Waals surface area contributed by atoms with E-state index in [1.807, 2.05) is 0 Å². The highest BCUT2D eigenvalue weighted by molar-refractivity contribution is 5.97. The Morgan fingerprint density at radius 2 is 1.97 bits per heavy atom. The SMILES string of the molecule is [2H]C1([2H])c2ncccc2C(=O)N1Cc1c(F)cc(-c2cc(F)cc3nn(C([2H])([2H])[2H])cc23)cc1F. The molecule has 0 saturated heterocycles. The fourth-order valence-corrected chi connectivity index (χ4v) is 3.50. The number of rotatable bonds is 3. The number of halogens is 3. The van der Waals surface area contributed by atoms with Gasteiger partial charge >= 0.3 is 0 Å². The third-order valence-electron chi connectivity index (χ3n) is 4.88. The molecule has 1 aliphatic rings. The zero-order chi connectivity index (χ0) is 25.3. The number of nitrogens with zero attached hydrogens (tertiary/aromatic N) is 4. The Hall–Kier alpha value is -3.68. The molecule has 0 N–H and O–H groups in total. The molecule has 150 valence electrons. The summed E-state index contributed by atoms with van der Waals surface area (Å²) in [5.41, 5.74) is -0.783. The van der Waals surface area contributed by atoms with Gasteiger partial charge in [-0.05, 0) is 41.5 Å². The summed E-state index contributed by atoms with van der Waals surface area (Å²) in [5.74, 6) is -3.72. The second kappa shape index (κ2) is 6.69. The summed E-state index contributed by atoms with van der Waals surface area (Å²) in [5, 5.41) is 4.01. The Kier molecular flexibility index (Phi) is 3.02. The predicted octanol–water partition coefficient (Wildman–Crippen LogP) is 4.21. The Morgan fingerprint density at radius 1 is 1.17 bits per heavy atom. The summed E-state index contributed by atoms with van der Waals surface area (Å²) in [7, 11) is 0. The average Bonchev–Trinajstić information content (AvgIpc) is 3.29. The van der Waals surface area contributed by atoms with E-state index < -0.39 is 48.9 Å². The lowest BCUT2D eigenvalue weighted by Gasteiger charge is -2.17. The van der Waals surface area contributed by atoms with Crippen LogP contribution in [0.4, 0.5) is 13.2 Å². The summed E-state index contributed by atoms with van der Waals surface area (Å²) >= 11 is 0. The van der Waals surface area contributed by atoms with E-state index in [4.69, 9.17) is 6.85 Å². The highest BCUT2D eigenvalue weighted by Crippen LogP contribution is 2.32. The van der Waals surface area contributed by atoms with E-state index in [1.165, 1.54) is 18.3 Å². The van der Waals surface area contributed by atoms with E-state index in [2.05, 4.69) is 10.1 Å². The molecular weight excluding hydrogens is 393 g/mol. The van der Waals surface area contributed by atoms with Gasteiger partial charge in [-0.2, -0.15) is 5.10 Å². The Bertz CT molecular complexity index is 1500. The molecule has 2 aromatic heterocycles. The third kappa shape index (κ3) is 2.92. The molecular formula is C22H15F3N4O. The maximum atomic E-state index is 15.1. The van der Waals surface area contributed by atoms with Crippen LogP contribution in [-0.4, -0.2) is 25.6 Å². The number of carbonyl (C=O) groups excluding carboxylic acids is 1. The van der Waals surface area contributed by atoms with Crippen molar-refractivity contribution in [2.75, 3.05) is 0 Å². The highest BCUT2D eigenvalue weighted by atomic mass is 19.1. The topological polar surface area (TPSA) is 51.0 Å². The molecule has 4 aromatic rings. The van der Waals surface area contributed by atoms with Gasteiger partial charge in [-0.3, -0.25) is 14.5 Å². The van der Waals surface area contributed by atoms with Gasteiger partial charge in [0.1, 0.15) is 17.5 Å². The molecule has 8 heteroatoms. The minimum atomic E-state index is -2.64. The van der Waals surface area contributed by atoms with Gasteiger partial charge in [0.25, 0.3) is 5.91 Å². The molecule has 0 aliphatic carbocycles. The third-order valence-corrected chi connectivity index (χ3v) is 4.88. The van der Waals surface area contributed by atoms with Crippen molar-refractivity contribution in [3.63, 3.8) is 0 Å². The van der Waals surface area contributed by atoms with Gasteiger partial charge in [0.15, 0.2) is 0 Å². The van der Waals surface area contributed by atoms with Crippen molar-refractivity contribution >= 4 is 16.8 Å². The first-order chi connectivity index (χ1) is 16.4. The largest absolute Gasteiger partial charge is 0.328 e. The van der Waals surface area contributed by atoms with Crippen LogP contribution in [0.1, 0.15) is 28.5 Å². The Balaban J connectivity index is 1.56. The number of amides is 1. The standard InChI is InChI=1S/C22H15F3N4O/c1-28-9-16-15(7-13(23)8-20(16)27-28)12-5-18(24)17(19(25)6-12)10-29-11-21-14(22(29)30)3-2-4-26-21/h2-9H,10-11H2,1H3/i1D3,11D2. The van der Waals surface area contributed by atoms with Gasteiger partial charge in [-0.25, -0.2) is 13.2 Å². The van der Waals surface area contributed by atoms with Gasteiger partial charge < -0.3 is 4.90 Å². The molecule has 0 fully saturated rings. The zero-order valence-corrected chi connectivity index (χ0v) is 15.2. The van der Waals surface area contributed by atoms with Crippen molar-refractivity contribution in [1.29, 1.82) is 0 Å². The molecule has 3 heterocycles. The van der Waals surface area contributed by atoms with Crippen molar-refractivity contribution in [1.82, 2.24) is 19.7 Å². The zero-order valence-electron chi connectivity index (χ0n) is 20.2. The molecule has 1 amide bonds. The molecule has 1 aliphatic heterocycles. The number of aromatic nitrogens is 3. The second-order valence-electron chi connectivity index (χ2n) is 6.78. The lowest BCUT2D eigenvalue weighted by atomic mass is 9.99. The van der Waals surface area contributed by atoms with Crippen molar-refractivity contribution in [3.05, 3.63) is 83.1 Å². The fourth-order valence-electron chi connectivity index (χ4n) is 3.50. The minimum Gasteiger partial charge on any atom is -0.328 e. The van der Waals surface area contributed by atoms with Crippen LogP contribution in [0, 0.1) is 17.5 Å². The van der Waals surface area contributed by atoms with Crippen LogP contribution in [0.3, 0.4) is 0 Å². The van der Waals surface area contributed by atoms with E-state index in [1.54, 1.807) is 0 Å². The second-order valence-corrected chi connectivity index (χ2v) is 6.78. The average molecular weight is 413 g/mol. The van der Waals surface area contributed by atoms with E-state index in [0.717, 1.165) is 30.5 Å². The number of benzene rings is 2. The van der Waals surface area contributed by atoms with Crippen LogP contribution in [-0.2, 0) is 20.0 Å². The monoisotopic (exact) mass is 413 g/mol. The van der Waals surface area contributed by atoms with Gasteiger partial charge in [0.05, 0.1) is 32.6 Å².